The Morgan fingerprint density at radius 2 is 1.80 bits per heavy atom. The fourth-order valence-electron chi connectivity index (χ4n) is 3.45. The van der Waals surface area contributed by atoms with Crippen LogP contribution in [0.1, 0.15) is 68.2 Å². The molecule has 1 aromatic rings. The van der Waals surface area contributed by atoms with Gasteiger partial charge in [-0.3, -0.25) is 0 Å². The van der Waals surface area contributed by atoms with Crippen molar-refractivity contribution >= 4 is 5.82 Å². The lowest BCUT2D eigenvalue weighted by Gasteiger charge is -2.21. The summed E-state index contributed by atoms with van der Waals surface area (Å²) < 4.78 is 0. The number of rotatable bonds is 2. The number of nitriles is 1. The van der Waals surface area contributed by atoms with Crippen LogP contribution < -0.4 is 5.32 Å². The third-order valence-electron chi connectivity index (χ3n) is 4.62. The Balaban J connectivity index is 1.82. The highest BCUT2D eigenvalue weighted by Gasteiger charge is 2.18. The molecule has 3 nitrogen and oxygen atoms in total. The third-order valence-corrected chi connectivity index (χ3v) is 4.62. The highest BCUT2D eigenvalue weighted by molar-refractivity contribution is 5.55. The molecule has 0 unspecified atom stereocenters. The first kappa shape index (κ1) is 13.4. The largest absolute Gasteiger partial charge is 0.366 e. The lowest BCUT2D eigenvalue weighted by atomic mass is 9.95. The van der Waals surface area contributed by atoms with E-state index in [9.17, 15) is 5.26 Å². The zero-order chi connectivity index (χ0) is 13.8. The van der Waals surface area contributed by atoms with E-state index in [0.717, 1.165) is 24.2 Å². The average Bonchev–Trinajstić information content (AvgIpc) is 2.75. The molecule has 0 bridgehead atoms. The molecule has 1 fully saturated rings. The average molecular weight is 269 g/mol. The van der Waals surface area contributed by atoms with Crippen LogP contribution >= 0.6 is 0 Å². The summed E-state index contributed by atoms with van der Waals surface area (Å²) in [6, 6.07) is 4.89. The van der Waals surface area contributed by atoms with Crippen molar-refractivity contribution < 1.29 is 0 Å². The second-order valence-electron chi connectivity index (χ2n) is 6.14. The van der Waals surface area contributed by atoms with Crippen molar-refractivity contribution in [2.24, 2.45) is 0 Å². The highest BCUT2D eigenvalue weighted by Crippen LogP contribution is 2.26. The molecule has 106 valence electrons. The summed E-state index contributed by atoms with van der Waals surface area (Å²) in [7, 11) is 0. The van der Waals surface area contributed by atoms with Gasteiger partial charge in [0.2, 0.25) is 0 Å². The molecule has 0 saturated heterocycles. The van der Waals surface area contributed by atoms with Crippen LogP contribution in [0.5, 0.6) is 0 Å². The van der Waals surface area contributed by atoms with Crippen LogP contribution in [0.15, 0.2) is 6.07 Å². The van der Waals surface area contributed by atoms with Gasteiger partial charge in [-0.05, 0) is 50.2 Å². The van der Waals surface area contributed by atoms with E-state index in [2.05, 4.69) is 17.5 Å². The fourth-order valence-corrected chi connectivity index (χ4v) is 3.45. The Bertz CT molecular complexity index is 508. The van der Waals surface area contributed by atoms with Crippen molar-refractivity contribution in [2.75, 3.05) is 5.32 Å². The number of aromatic nitrogens is 1. The highest BCUT2D eigenvalue weighted by atomic mass is 15.0. The molecule has 1 heterocycles. The molecule has 0 aromatic carbocycles. The molecule has 0 radical (unpaired) electrons. The Labute approximate surface area is 121 Å². The van der Waals surface area contributed by atoms with Gasteiger partial charge < -0.3 is 5.32 Å². The monoisotopic (exact) mass is 269 g/mol. The lowest BCUT2D eigenvalue weighted by molar-refractivity contribution is 0.614. The molecule has 3 rings (SSSR count). The standard InChI is InChI=1S/C17H23N3/c18-12-14-11-13-7-5-6-10-16(13)20-17(14)19-15-8-3-1-2-4-9-15/h11,15H,1-10H2,(H,19,20). The lowest BCUT2D eigenvalue weighted by Crippen LogP contribution is -2.21. The number of nitrogens with one attached hydrogen (secondary N) is 1. The SMILES string of the molecule is N#Cc1cc2c(nc1NC1CCCCCC1)CCCC2. The van der Waals surface area contributed by atoms with E-state index in [1.807, 2.05) is 0 Å². The van der Waals surface area contributed by atoms with Gasteiger partial charge in [-0.25, -0.2) is 4.98 Å². The molecule has 1 aromatic heterocycles. The van der Waals surface area contributed by atoms with Crippen molar-refractivity contribution in [3.05, 3.63) is 22.9 Å². The Kier molecular flexibility index (Phi) is 4.20. The predicted molar refractivity (Wildman–Crippen MR) is 80.7 cm³/mol. The quantitative estimate of drug-likeness (QED) is 0.826. The van der Waals surface area contributed by atoms with Crippen LogP contribution in [0.3, 0.4) is 0 Å². The van der Waals surface area contributed by atoms with Gasteiger partial charge in [-0.1, -0.05) is 25.7 Å². The van der Waals surface area contributed by atoms with E-state index >= 15 is 0 Å². The minimum Gasteiger partial charge on any atom is -0.366 e. The van der Waals surface area contributed by atoms with Gasteiger partial charge in [-0.2, -0.15) is 5.26 Å². The number of anilines is 1. The van der Waals surface area contributed by atoms with Crippen LogP contribution in [0, 0.1) is 11.3 Å². The first-order valence-electron chi connectivity index (χ1n) is 8.06. The number of aryl methyl sites for hydroxylation is 2. The van der Waals surface area contributed by atoms with Crippen molar-refractivity contribution in [1.82, 2.24) is 4.98 Å². The van der Waals surface area contributed by atoms with Gasteiger partial charge >= 0.3 is 0 Å². The van der Waals surface area contributed by atoms with E-state index in [4.69, 9.17) is 4.98 Å². The number of hydrogen-bond acceptors (Lipinski definition) is 3. The predicted octanol–water partition coefficient (Wildman–Crippen LogP) is 3.97. The minimum atomic E-state index is 0.499. The van der Waals surface area contributed by atoms with E-state index in [1.54, 1.807) is 0 Å². The molecule has 20 heavy (non-hydrogen) atoms. The second kappa shape index (κ2) is 6.26. The molecular weight excluding hydrogens is 246 g/mol. The van der Waals surface area contributed by atoms with Crippen LogP contribution in [-0.2, 0) is 12.8 Å². The summed E-state index contributed by atoms with van der Waals surface area (Å²) in [5.41, 5.74) is 3.24. The molecule has 1 N–H and O–H groups in total. The zero-order valence-corrected chi connectivity index (χ0v) is 12.1. The summed E-state index contributed by atoms with van der Waals surface area (Å²) in [4.78, 5) is 4.78. The fraction of sp³-hybridized carbons (Fsp3) is 0.647. The Morgan fingerprint density at radius 1 is 1.05 bits per heavy atom. The number of pyridine rings is 1. The summed E-state index contributed by atoms with van der Waals surface area (Å²) in [6.07, 6.45) is 12.3. The summed E-state index contributed by atoms with van der Waals surface area (Å²) in [5, 5.41) is 12.9. The number of nitrogens with zero attached hydrogens (tertiary/aromatic N) is 2. The van der Waals surface area contributed by atoms with Crippen molar-refractivity contribution in [1.29, 1.82) is 5.26 Å². The summed E-state index contributed by atoms with van der Waals surface area (Å²) >= 11 is 0. The van der Waals surface area contributed by atoms with Crippen molar-refractivity contribution in [3.63, 3.8) is 0 Å². The first-order chi connectivity index (χ1) is 9.86. The van der Waals surface area contributed by atoms with Gasteiger partial charge in [-0.15, -0.1) is 0 Å². The molecular formula is C17H23N3. The molecule has 0 amide bonds. The zero-order valence-electron chi connectivity index (χ0n) is 12.1. The Hall–Kier alpha value is -1.56. The summed E-state index contributed by atoms with van der Waals surface area (Å²) in [5.74, 6) is 0.833. The van der Waals surface area contributed by atoms with Gasteiger partial charge in [0.1, 0.15) is 11.9 Å². The molecule has 0 spiro atoms. The first-order valence-corrected chi connectivity index (χ1v) is 8.06. The smallest absolute Gasteiger partial charge is 0.144 e. The Morgan fingerprint density at radius 3 is 2.55 bits per heavy atom. The second-order valence-corrected chi connectivity index (χ2v) is 6.14. The molecule has 3 heteroatoms. The van der Waals surface area contributed by atoms with Gasteiger partial charge in [0, 0.05) is 11.7 Å². The third kappa shape index (κ3) is 2.95. The number of fused-ring (bicyclic) bond motifs is 1. The topological polar surface area (TPSA) is 48.7 Å². The van der Waals surface area contributed by atoms with Crippen LogP contribution in [0.25, 0.3) is 0 Å². The number of hydrogen-bond donors (Lipinski definition) is 1. The van der Waals surface area contributed by atoms with Gasteiger partial charge in [0.05, 0.1) is 5.56 Å². The van der Waals surface area contributed by atoms with Crippen LogP contribution in [-0.4, -0.2) is 11.0 Å². The van der Waals surface area contributed by atoms with E-state index in [-0.39, 0.29) is 0 Å². The molecule has 2 aliphatic carbocycles. The van der Waals surface area contributed by atoms with Crippen LogP contribution in [0.2, 0.25) is 0 Å². The minimum absolute atomic E-state index is 0.499. The molecule has 2 aliphatic rings. The van der Waals surface area contributed by atoms with Gasteiger partial charge in [0.25, 0.3) is 0 Å². The van der Waals surface area contributed by atoms with Crippen molar-refractivity contribution in [3.8, 4) is 6.07 Å². The van der Waals surface area contributed by atoms with Crippen molar-refractivity contribution in [2.45, 2.75) is 70.3 Å². The maximum atomic E-state index is 9.38. The van der Waals surface area contributed by atoms with E-state index < -0.39 is 0 Å². The molecule has 0 aliphatic heterocycles. The van der Waals surface area contributed by atoms with Crippen LogP contribution in [0.4, 0.5) is 5.82 Å². The molecule has 1 saturated carbocycles. The normalized spacial score (nSPS) is 19.8. The summed E-state index contributed by atoms with van der Waals surface area (Å²) in [6.45, 7) is 0. The van der Waals surface area contributed by atoms with E-state index in [1.165, 1.54) is 62.6 Å². The maximum Gasteiger partial charge on any atom is 0.144 e. The van der Waals surface area contributed by atoms with Gasteiger partial charge in [0.15, 0.2) is 0 Å². The molecule has 0 atom stereocenters. The van der Waals surface area contributed by atoms with E-state index in [0.29, 0.717) is 6.04 Å². The maximum absolute atomic E-state index is 9.38.